The average molecular weight is 444 g/mol. The number of benzene rings is 1. The van der Waals surface area contributed by atoms with Crippen LogP contribution in [0.4, 0.5) is 10.7 Å². The fourth-order valence-corrected chi connectivity index (χ4v) is 6.10. The number of anilines is 1. The van der Waals surface area contributed by atoms with Crippen molar-refractivity contribution in [3.05, 3.63) is 43.8 Å². The van der Waals surface area contributed by atoms with Gasteiger partial charge in [0, 0.05) is 4.88 Å². The van der Waals surface area contributed by atoms with Crippen LogP contribution in [0.1, 0.15) is 66.1 Å². The highest BCUT2D eigenvalue weighted by atomic mass is 32.1. The molecule has 2 aliphatic heterocycles. The number of carbonyl (C=O) groups excluding carboxylic acids is 1. The molecule has 1 aromatic heterocycles. The number of amides is 1. The van der Waals surface area contributed by atoms with E-state index in [0.717, 1.165) is 36.2 Å². The van der Waals surface area contributed by atoms with Gasteiger partial charge in [0.2, 0.25) is 6.79 Å². The van der Waals surface area contributed by atoms with Gasteiger partial charge in [-0.2, -0.15) is 0 Å². The van der Waals surface area contributed by atoms with Crippen molar-refractivity contribution in [3.8, 4) is 11.5 Å². The molecule has 0 spiro atoms. The van der Waals surface area contributed by atoms with Gasteiger partial charge in [-0.3, -0.25) is 14.9 Å². The fourth-order valence-electron chi connectivity index (χ4n) is 4.75. The predicted molar refractivity (Wildman–Crippen MR) is 117 cm³/mol. The van der Waals surface area contributed by atoms with Crippen molar-refractivity contribution in [1.29, 1.82) is 0 Å². The van der Waals surface area contributed by atoms with Gasteiger partial charge >= 0.3 is 0 Å². The molecule has 3 aliphatic rings. The van der Waals surface area contributed by atoms with E-state index in [2.05, 4.69) is 31.4 Å². The van der Waals surface area contributed by atoms with Crippen LogP contribution >= 0.6 is 11.3 Å². The van der Waals surface area contributed by atoms with Gasteiger partial charge in [0.15, 0.2) is 11.5 Å². The lowest BCUT2D eigenvalue weighted by molar-refractivity contribution is -0.385. The van der Waals surface area contributed by atoms with Crippen LogP contribution in [0.2, 0.25) is 0 Å². The standard InChI is InChI=1S/C22H25N3O5S/c1-4-22(2,3)11-5-6-12-17(7-11)31-21-18(12)20(26)23-19(24-21)13-8-15-16(30-10-29-15)9-14(13)25(27)28/h8-9,11,19,24H,4-7,10H2,1-3H3,(H,23,26). The number of hydrogen-bond acceptors (Lipinski definition) is 7. The Balaban J connectivity index is 1.49. The maximum absolute atomic E-state index is 13.1. The van der Waals surface area contributed by atoms with Crippen LogP contribution in [0.15, 0.2) is 12.1 Å². The second-order valence-electron chi connectivity index (χ2n) is 9.06. The normalized spacial score (nSPS) is 21.7. The van der Waals surface area contributed by atoms with Crippen molar-refractivity contribution >= 4 is 27.9 Å². The SMILES string of the molecule is CCC(C)(C)C1CCc2c(sc3c2C(=O)NC(c2cc4c(cc2[N+](=O)[O-])OCO4)N3)C1. The molecule has 2 aromatic rings. The molecule has 1 aromatic carbocycles. The maximum atomic E-state index is 13.1. The highest BCUT2D eigenvalue weighted by Crippen LogP contribution is 2.48. The number of thiophene rings is 1. The van der Waals surface area contributed by atoms with E-state index >= 15 is 0 Å². The van der Waals surface area contributed by atoms with E-state index in [4.69, 9.17) is 9.47 Å². The van der Waals surface area contributed by atoms with Crippen molar-refractivity contribution in [1.82, 2.24) is 5.32 Å². The highest BCUT2D eigenvalue weighted by molar-refractivity contribution is 7.16. The summed E-state index contributed by atoms with van der Waals surface area (Å²) in [5.74, 6) is 1.18. The molecular weight excluding hydrogens is 418 g/mol. The molecule has 0 radical (unpaired) electrons. The third-order valence-corrected chi connectivity index (χ3v) is 8.27. The van der Waals surface area contributed by atoms with Crippen LogP contribution in [0.25, 0.3) is 0 Å². The van der Waals surface area contributed by atoms with Crippen LogP contribution in [0.3, 0.4) is 0 Å². The Bertz CT molecular complexity index is 1090. The summed E-state index contributed by atoms with van der Waals surface area (Å²) in [5, 5.41) is 18.7. The summed E-state index contributed by atoms with van der Waals surface area (Å²) in [6.07, 6.45) is 3.34. The van der Waals surface area contributed by atoms with E-state index in [0.29, 0.717) is 28.5 Å². The first-order valence-electron chi connectivity index (χ1n) is 10.6. The molecule has 2 atom stereocenters. The van der Waals surface area contributed by atoms with Crippen LogP contribution in [0, 0.1) is 21.4 Å². The number of nitrogens with zero attached hydrogens (tertiary/aromatic N) is 1. The van der Waals surface area contributed by atoms with Crippen molar-refractivity contribution in [2.24, 2.45) is 11.3 Å². The molecule has 164 valence electrons. The Labute approximate surface area is 184 Å². The minimum atomic E-state index is -0.710. The second kappa shape index (κ2) is 7.12. The number of hydrogen-bond donors (Lipinski definition) is 2. The first kappa shape index (κ1) is 20.1. The lowest BCUT2D eigenvalue weighted by Gasteiger charge is -2.36. The Kier molecular flexibility index (Phi) is 4.62. The molecule has 31 heavy (non-hydrogen) atoms. The zero-order valence-corrected chi connectivity index (χ0v) is 18.6. The largest absolute Gasteiger partial charge is 0.454 e. The molecular formula is C22H25N3O5S. The molecule has 3 heterocycles. The molecule has 8 nitrogen and oxygen atoms in total. The Morgan fingerprint density at radius 3 is 2.71 bits per heavy atom. The molecule has 1 aliphatic carbocycles. The van der Waals surface area contributed by atoms with Gasteiger partial charge in [-0.25, -0.2) is 0 Å². The number of carbonyl (C=O) groups is 1. The van der Waals surface area contributed by atoms with Gasteiger partial charge in [0.05, 0.1) is 22.1 Å². The van der Waals surface area contributed by atoms with Crippen LogP contribution in [0.5, 0.6) is 11.5 Å². The molecule has 5 rings (SSSR count). The Morgan fingerprint density at radius 1 is 1.26 bits per heavy atom. The minimum absolute atomic E-state index is 0.0253. The summed E-state index contributed by atoms with van der Waals surface area (Å²) in [6.45, 7) is 6.89. The van der Waals surface area contributed by atoms with Crippen LogP contribution < -0.4 is 20.1 Å². The fraction of sp³-hybridized carbons (Fsp3) is 0.500. The molecule has 2 unspecified atom stereocenters. The van der Waals surface area contributed by atoms with Gasteiger partial charge in [0.1, 0.15) is 11.2 Å². The van der Waals surface area contributed by atoms with Gasteiger partial charge in [0.25, 0.3) is 11.6 Å². The summed E-state index contributed by atoms with van der Waals surface area (Å²) < 4.78 is 10.7. The number of ether oxygens (including phenoxy) is 2. The summed E-state index contributed by atoms with van der Waals surface area (Å²) in [5.41, 5.74) is 2.33. The first-order chi connectivity index (χ1) is 14.8. The summed E-state index contributed by atoms with van der Waals surface area (Å²) in [4.78, 5) is 25.6. The lowest BCUT2D eigenvalue weighted by Crippen LogP contribution is -2.38. The van der Waals surface area contributed by atoms with E-state index in [-0.39, 0.29) is 23.8 Å². The van der Waals surface area contributed by atoms with Gasteiger partial charge in [-0.1, -0.05) is 27.2 Å². The number of fused-ring (bicyclic) bond motifs is 4. The zero-order valence-electron chi connectivity index (χ0n) is 17.7. The van der Waals surface area contributed by atoms with Gasteiger partial charge in [-0.15, -0.1) is 11.3 Å². The van der Waals surface area contributed by atoms with E-state index in [9.17, 15) is 14.9 Å². The number of nitro groups is 1. The number of rotatable bonds is 4. The molecule has 0 saturated carbocycles. The Morgan fingerprint density at radius 2 is 2.00 bits per heavy atom. The Hall–Kier alpha value is -2.81. The maximum Gasteiger partial charge on any atom is 0.280 e. The summed E-state index contributed by atoms with van der Waals surface area (Å²) in [6, 6.07) is 2.94. The number of nitrogens with one attached hydrogen (secondary N) is 2. The van der Waals surface area contributed by atoms with Gasteiger partial charge < -0.3 is 20.1 Å². The highest BCUT2D eigenvalue weighted by Gasteiger charge is 2.39. The van der Waals surface area contributed by atoms with Crippen LogP contribution in [-0.4, -0.2) is 17.6 Å². The third-order valence-electron chi connectivity index (χ3n) is 7.09. The smallest absolute Gasteiger partial charge is 0.280 e. The van der Waals surface area contributed by atoms with Crippen molar-refractivity contribution in [3.63, 3.8) is 0 Å². The van der Waals surface area contributed by atoms with E-state index < -0.39 is 11.1 Å². The zero-order chi connectivity index (χ0) is 21.9. The molecule has 2 N–H and O–H groups in total. The van der Waals surface area contributed by atoms with E-state index in [1.165, 1.54) is 10.9 Å². The first-order valence-corrected chi connectivity index (χ1v) is 11.4. The topological polar surface area (TPSA) is 103 Å². The summed E-state index contributed by atoms with van der Waals surface area (Å²) in [7, 11) is 0. The third kappa shape index (κ3) is 3.22. The van der Waals surface area contributed by atoms with Gasteiger partial charge in [-0.05, 0) is 42.2 Å². The van der Waals surface area contributed by atoms with Crippen LogP contribution in [-0.2, 0) is 12.8 Å². The second-order valence-corrected chi connectivity index (χ2v) is 10.2. The number of nitro benzene ring substituents is 1. The monoisotopic (exact) mass is 443 g/mol. The average Bonchev–Trinajstić information content (AvgIpc) is 3.35. The molecule has 1 amide bonds. The molecule has 0 fully saturated rings. The molecule has 9 heteroatoms. The van der Waals surface area contributed by atoms with Crippen molar-refractivity contribution in [2.45, 2.75) is 52.6 Å². The molecule has 0 saturated heterocycles. The lowest BCUT2D eigenvalue weighted by atomic mass is 9.69. The summed E-state index contributed by atoms with van der Waals surface area (Å²) >= 11 is 1.61. The van der Waals surface area contributed by atoms with E-state index in [1.807, 2.05) is 0 Å². The minimum Gasteiger partial charge on any atom is -0.454 e. The molecule has 0 bridgehead atoms. The quantitative estimate of drug-likeness (QED) is 0.521. The predicted octanol–water partition coefficient (Wildman–Crippen LogP) is 4.78. The van der Waals surface area contributed by atoms with Crippen molar-refractivity contribution in [2.75, 3.05) is 12.1 Å². The van der Waals surface area contributed by atoms with Crippen molar-refractivity contribution < 1.29 is 19.2 Å². The van der Waals surface area contributed by atoms with E-state index in [1.54, 1.807) is 17.4 Å².